The molecule has 256 valence electrons. The molecule has 0 fully saturated rings. The maximum Gasteiger partial charge on any atom is 0.253 e. The van der Waals surface area contributed by atoms with E-state index in [9.17, 15) is 31.9 Å². The Morgan fingerprint density at radius 1 is 0.851 bits per heavy atom. The van der Waals surface area contributed by atoms with Crippen molar-refractivity contribution in [2.45, 2.75) is 70.0 Å². The van der Waals surface area contributed by atoms with Gasteiger partial charge in [-0.25, -0.2) is 21.5 Å². The van der Waals surface area contributed by atoms with E-state index >= 15 is 0 Å². The smallest absolute Gasteiger partial charge is 0.253 e. The third-order valence-corrected chi connectivity index (χ3v) is 9.50. The fourth-order valence-corrected chi connectivity index (χ4v) is 6.21. The van der Waals surface area contributed by atoms with E-state index in [1.165, 1.54) is 32.3 Å². The zero-order chi connectivity index (χ0) is 34.7. The number of nitrogens with one attached hydrogen (secondary N) is 2. The second kappa shape index (κ2) is 17.4. The van der Waals surface area contributed by atoms with Gasteiger partial charge < -0.3 is 20.6 Å². The van der Waals surface area contributed by atoms with Gasteiger partial charge in [-0.1, -0.05) is 45.0 Å². The zero-order valence-electron chi connectivity index (χ0n) is 27.7. The molecule has 0 aliphatic carbocycles. The van der Waals surface area contributed by atoms with Crippen molar-refractivity contribution in [2.75, 3.05) is 33.7 Å². The van der Waals surface area contributed by atoms with Crippen LogP contribution in [0, 0.1) is 11.6 Å². The van der Waals surface area contributed by atoms with Crippen LogP contribution >= 0.6 is 0 Å². The van der Waals surface area contributed by atoms with Gasteiger partial charge in [-0.15, -0.1) is 0 Å². The first kappa shape index (κ1) is 37.7. The number of aryl methyl sites for hydroxylation is 1. The van der Waals surface area contributed by atoms with Crippen molar-refractivity contribution < 1.29 is 31.9 Å². The third-order valence-electron chi connectivity index (χ3n) is 7.71. The van der Waals surface area contributed by atoms with Crippen molar-refractivity contribution in [1.29, 1.82) is 0 Å². The molecule has 0 aliphatic rings. The number of aliphatic hydroxyl groups excluding tert-OH is 1. The first-order chi connectivity index (χ1) is 22.3. The first-order valence-electron chi connectivity index (χ1n) is 15.9. The number of rotatable bonds is 17. The number of nitrogens with zero attached hydrogens (tertiary/aromatic N) is 2. The Labute approximate surface area is 277 Å². The van der Waals surface area contributed by atoms with Gasteiger partial charge in [0.05, 0.1) is 17.0 Å². The van der Waals surface area contributed by atoms with Gasteiger partial charge in [0.25, 0.3) is 11.8 Å². The molecule has 9 nitrogen and oxygen atoms in total. The summed E-state index contributed by atoms with van der Waals surface area (Å²) >= 11 is 0. The number of benzene rings is 3. The molecular formula is C35H46F2N4O5S. The quantitative estimate of drug-likeness (QED) is 0.194. The van der Waals surface area contributed by atoms with Crippen molar-refractivity contribution >= 4 is 21.8 Å². The molecule has 47 heavy (non-hydrogen) atoms. The van der Waals surface area contributed by atoms with Crippen LogP contribution in [0.1, 0.15) is 71.0 Å². The summed E-state index contributed by atoms with van der Waals surface area (Å²) in [5.41, 5.74) is 2.28. The maximum atomic E-state index is 14.1. The molecule has 3 rings (SSSR count). The van der Waals surface area contributed by atoms with Crippen LogP contribution in [0.3, 0.4) is 0 Å². The predicted molar refractivity (Wildman–Crippen MR) is 179 cm³/mol. The molecule has 0 bridgehead atoms. The molecule has 3 aromatic carbocycles. The lowest BCUT2D eigenvalue weighted by atomic mass is 9.99. The van der Waals surface area contributed by atoms with E-state index in [4.69, 9.17) is 0 Å². The molecule has 3 N–H and O–H groups in total. The largest absolute Gasteiger partial charge is 0.390 e. The van der Waals surface area contributed by atoms with Gasteiger partial charge >= 0.3 is 0 Å². The Bertz CT molecular complexity index is 1610. The highest BCUT2D eigenvalue weighted by Crippen LogP contribution is 2.21. The van der Waals surface area contributed by atoms with E-state index in [0.29, 0.717) is 32.5 Å². The van der Waals surface area contributed by atoms with Crippen molar-refractivity contribution in [3.8, 4) is 0 Å². The third kappa shape index (κ3) is 10.6. The fourth-order valence-electron chi connectivity index (χ4n) is 5.23. The molecular weight excluding hydrogens is 626 g/mol. The van der Waals surface area contributed by atoms with Crippen LogP contribution in [-0.4, -0.2) is 80.4 Å². The monoisotopic (exact) mass is 672 g/mol. The molecule has 3 aromatic rings. The molecule has 2 amide bonds. The summed E-state index contributed by atoms with van der Waals surface area (Å²) in [5, 5.41) is 17.2. The number of hydrogen-bond acceptors (Lipinski definition) is 6. The zero-order valence-corrected chi connectivity index (χ0v) is 28.5. The maximum absolute atomic E-state index is 14.1. The molecule has 0 spiro atoms. The average molecular weight is 673 g/mol. The van der Waals surface area contributed by atoms with Crippen LogP contribution in [0.2, 0.25) is 0 Å². The van der Waals surface area contributed by atoms with E-state index in [1.807, 2.05) is 38.1 Å². The Balaban J connectivity index is 1.96. The number of sulfonamides is 1. The number of hydrogen-bond donors (Lipinski definition) is 3. The van der Waals surface area contributed by atoms with Gasteiger partial charge in [0.2, 0.25) is 10.0 Å². The molecule has 0 aliphatic heterocycles. The van der Waals surface area contributed by atoms with Gasteiger partial charge in [-0.05, 0) is 72.7 Å². The Morgan fingerprint density at radius 3 is 2.06 bits per heavy atom. The summed E-state index contributed by atoms with van der Waals surface area (Å²) in [6.45, 7) is 7.27. The highest BCUT2D eigenvalue weighted by molar-refractivity contribution is 7.89. The predicted octanol–water partition coefficient (Wildman–Crippen LogP) is 4.53. The molecule has 0 saturated carbocycles. The standard InChI is InChI=1S/C35H46F2N4O5S/c1-6-12-41(13-7-2)35(44)28-18-27(19-31(20-28)47(45,46)40(4)5)34(43)39-32(17-26-15-29(36)21-30(37)16-26)33(42)23-38-22-25-11-9-10-24(8-3)14-25/h9-11,14-16,18-21,32-33,38,42H,6-8,12-13,17,22-23H2,1-5H3,(H,39,43)/t32-,33+/m0/s1. The minimum atomic E-state index is -4.05. The lowest BCUT2D eigenvalue weighted by Crippen LogP contribution is -2.48. The van der Waals surface area contributed by atoms with Gasteiger partial charge in [0.15, 0.2) is 0 Å². The molecule has 0 heterocycles. The normalized spacial score (nSPS) is 13.0. The molecule has 0 saturated heterocycles. The molecule has 0 unspecified atom stereocenters. The van der Waals surface area contributed by atoms with E-state index in [-0.39, 0.29) is 34.6 Å². The Kier molecular flexibility index (Phi) is 14.0. The van der Waals surface area contributed by atoms with E-state index in [2.05, 4.69) is 17.6 Å². The molecule has 12 heteroatoms. The summed E-state index contributed by atoms with van der Waals surface area (Å²) in [4.78, 5) is 28.7. The fraction of sp³-hybridized carbons (Fsp3) is 0.429. The number of amides is 2. The lowest BCUT2D eigenvalue weighted by molar-refractivity contribution is 0.0755. The van der Waals surface area contributed by atoms with Gasteiger partial charge in [0.1, 0.15) is 11.6 Å². The number of halogens is 2. The Hall–Kier alpha value is -3.71. The summed E-state index contributed by atoms with van der Waals surface area (Å²) in [6, 6.07) is 13.7. The van der Waals surface area contributed by atoms with Crippen LogP contribution in [0.4, 0.5) is 8.78 Å². The lowest BCUT2D eigenvalue weighted by Gasteiger charge is -2.26. The van der Waals surface area contributed by atoms with Crippen molar-refractivity contribution in [1.82, 2.24) is 19.8 Å². The van der Waals surface area contributed by atoms with E-state index in [0.717, 1.165) is 40.1 Å². The summed E-state index contributed by atoms with van der Waals surface area (Å²) in [6.07, 6.45) is 0.907. The first-order valence-corrected chi connectivity index (χ1v) is 17.3. The summed E-state index contributed by atoms with van der Waals surface area (Å²) in [7, 11) is -1.35. The average Bonchev–Trinajstić information content (AvgIpc) is 3.03. The topological polar surface area (TPSA) is 119 Å². The minimum Gasteiger partial charge on any atom is -0.390 e. The highest BCUT2D eigenvalue weighted by atomic mass is 32.2. The van der Waals surface area contributed by atoms with Crippen molar-refractivity contribution in [3.63, 3.8) is 0 Å². The van der Waals surface area contributed by atoms with Crippen LogP contribution in [0.15, 0.2) is 65.6 Å². The van der Waals surface area contributed by atoms with Gasteiger partial charge in [-0.2, -0.15) is 0 Å². The second-order valence-electron chi connectivity index (χ2n) is 11.8. The molecule has 0 radical (unpaired) electrons. The Morgan fingerprint density at radius 2 is 1.47 bits per heavy atom. The van der Waals surface area contributed by atoms with Gasteiger partial charge in [0, 0.05) is 57.5 Å². The number of aliphatic hydroxyl groups is 1. The summed E-state index contributed by atoms with van der Waals surface area (Å²) in [5.74, 6) is -2.78. The number of carbonyl (C=O) groups is 2. The molecule has 0 aromatic heterocycles. The van der Waals surface area contributed by atoms with E-state index < -0.39 is 45.6 Å². The van der Waals surface area contributed by atoms with Crippen molar-refractivity contribution in [3.05, 3.63) is 100 Å². The van der Waals surface area contributed by atoms with Crippen LogP contribution in [-0.2, 0) is 29.4 Å². The van der Waals surface area contributed by atoms with Crippen LogP contribution < -0.4 is 10.6 Å². The van der Waals surface area contributed by atoms with Crippen molar-refractivity contribution in [2.24, 2.45) is 0 Å². The van der Waals surface area contributed by atoms with E-state index in [1.54, 1.807) is 4.90 Å². The van der Waals surface area contributed by atoms with Gasteiger partial charge in [-0.3, -0.25) is 9.59 Å². The molecule has 2 atom stereocenters. The second-order valence-corrected chi connectivity index (χ2v) is 13.9. The number of carbonyl (C=O) groups excluding carboxylic acids is 2. The minimum absolute atomic E-state index is 0.0280. The van der Waals surface area contributed by atoms with Crippen LogP contribution in [0.25, 0.3) is 0 Å². The highest BCUT2D eigenvalue weighted by Gasteiger charge is 2.27. The SMILES string of the molecule is CCCN(CCC)C(=O)c1cc(C(=O)N[C@@H](Cc2cc(F)cc(F)c2)[C@H](O)CNCc2cccc(CC)c2)cc(S(=O)(=O)N(C)C)c1. The summed E-state index contributed by atoms with van der Waals surface area (Å²) < 4.78 is 55.5. The van der Waals surface area contributed by atoms with Crippen LogP contribution in [0.5, 0.6) is 0 Å².